The van der Waals surface area contributed by atoms with E-state index in [4.69, 9.17) is 9.15 Å². The molecule has 0 aliphatic carbocycles. The van der Waals surface area contributed by atoms with Gasteiger partial charge in [-0.15, -0.1) is 0 Å². The van der Waals surface area contributed by atoms with Crippen molar-refractivity contribution in [2.45, 2.75) is 26.5 Å². The predicted octanol–water partition coefficient (Wildman–Crippen LogP) is 4.12. The maximum absolute atomic E-state index is 12.7. The van der Waals surface area contributed by atoms with E-state index in [0.29, 0.717) is 23.5 Å². The van der Waals surface area contributed by atoms with Crippen LogP contribution in [0.4, 0.5) is 5.69 Å². The number of ether oxygens (including phenoxy) is 1. The van der Waals surface area contributed by atoms with E-state index < -0.39 is 6.10 Å². The number of nitrogens with one attached hydrogen (secondary N) is 2. The first kappa shape index (κ1) is 21.7. The number of carbonyl (C=O) groups is 2. The van der Waals surface area contributed by atoms with Gasteiger partial charge in [0.25, 0.3) is 11.8 Å². The van der Waals surface area contributed by atoms with Gasteiger partial charge in [0.2, 0.25) is 0 Å². The van der Waals surface area contributed by atoms with E-state index in [9.17, 15) is 14.9 Å². The predicted molar refractivity (Wildman–Crippen MR) is 115 cm³/mol. The largest absolute Gasteiger partial charge is 0.479 e. The fraction of sp³-hybridized carbons (Fsp3) is 0.208. The van der Waals surface area contributed by atoms with E-state index in [1.807, 2.05) is 26.0 Å². The molecule has 0 aliphatic heterocycles. The number of nitriles is 1. The molecule has 1 atom stereocenters. The molecule has 2 N–H and O–H groups in total. The summed E-state index contributed by atoms with van der Waals surface area (Å²) in [5, 5.41) is 14.8. The molecule has 0 bridgehead atoms. The van der Waals surface area contributed by atoms with E-state index in [0.717, 1.165) is 5.56 Å². The van der Waals surface area contributed by atoms with Crippen molar-refractivity contribution >= 4 is 17.5 Å². The van der Waals surface area contributed by atoms with E-state index in [-0.39, 0.29) is 23.5 Å². The standard InChI is InChI=1S/C24H23N3O4/c1-16(2)22(31-20-7-4-3-6-18(20)14-25)24(29)26-15-17-9-11-19(12-10-17)27-23(28)21-8-5-13-30-21/h3-13,16,22H,15H2,1-2H3,(H,26,29)(H,27,28). The molecule has 0 fully saturated rings. The molecule has 2 aromatic carbocycles. The maximum atomic E-state index is 12.7. The normalized spacial score (nSPS) is 11.4. The van der Waals surface area contributed by atoms with Crippen LogP contribution in [0.3, 0.4) is 0 Å². The lowest BCUT2D eigenvalue weighted by Crippen LogP contribution is -2.41. The second-order valence-electron chi connectivity index (χ2n) is 7.24. The topological polar surface area (TPSA) is 104 Å². The van der Waals surface area contributed by atoms with Crippen molar-refractivity contribution in [3.05, 3.63) is 83.8 Å². The maximum Gasteiger partial charge on any atom is 0.291 e. The molecular formula is C24H23N3O4. The van der Waals surface area contributed by atoms with Crippen LogP contribution in [0.1, 0.15) is 35.5 Å². The molecule has 3 aromatic rings. The zero-order chi connectivity index (χ0) is 22.2. The highest BCUT2D eigenvalue weighted by atomic mass is 16.5. The summed E-state index contributed by atoms with van der Waals surface area (Å²) in [6, 6.07) is 19.3. The van der Waals surface area contributed by atoms with Gasteiger partial charge in [0.05, 0.1) is 11.8 Å². The first-order chi connectivity index (χ1) is 15.0. The van der Waals surface area contributed by atoms with Gasteiger partial charge in [-0.3, -0.25) is 9.59 Å². The van der Waals surface area contributed by atoms with Gasteiger partial charge < -0.3 is 19.8 Å². The highest BCUT2D eigenvalue weighted by molar-refractivity contribution is 6.02. The van der Waals surface area contributed by atoms with Crippen LogP contribution < -0.4 is 15.4 Å². The summed E-state index contributed by atoms with van der Waals surface area (Å²) in [4.78, 5) is 24.7. The highest BCUT2D eigenvalue weighted by Crippen LogP contribution is 2.21. The summed E-state index contributed by atoms with van der Waals surface area (Å²) in [6.07, 6.45) is 0.703. The van der Waals surface area contributed by atoms with Crippen molar-refractivity contribution in [1.82, 2.24) is 5.32 Å². The Morgan fingerprint density at radius 2 is 1.81 bits per heavy atom. The Kier molecular flexibility index (Phi) is 7.07. The molecule has 1 heterocycles. The first-order valence-electron chi connectivity index (χ1n) is 9.85. The van der Waals surface area contributed by atoms with Crippen molar-refractivity contribution in [3.8, 4) is 11.8 Å². The number of hydrogen-bond donors (Lipinski definition) is 2. The SMILES string of the molecule is CC(C)C(Oc1ccccc1C#N)C(=O)NCc1ccc(NC(=O)c2ccco2)cc1. The van der Waals surface area contributed by atoms with Crippen LogP contribution in [0, 0.1) is 17.2 Å². The molecule has 158 valence electrons. The van der Waals surface area contributed by atoms with Gasteiger partial charge in [0.15, 0.2) is 11.9 Å². The Morgan fingerprint density at radius 3 is 2.45 bits per heavy atom. The van der Waals surface area contributed by atoms with Crippen LogP contribution in [0.15, 0.2) is 71.3 Å². The van der Waals surface area contributed by atoms with E-state index in [2.05, 4.69) is 16.7 Å². The molecule has 7 nitrogen and oxygen atoms in total. The molecule has 1 aromatic heterocycles. The second-order valence-corrected chi connectivity index (χ2v) is 7.24. The number of amides is 2. The molecule has 3 rings (SSSR count). The van der Waals surface area contributed by atoms with Gasteiger partial charge in [0.1, 0.15) is 11.8 Å². The average molecular weight is 417 g/mol. The fourth-order valence-corrected chi connectivity index (χ4v) is 2.89. The molecule has 0 spiro atoms. The Hall–Kier alpha value is -4.05. The van der Waals surface area contributed by atoms with E-state index in [1.165, 1.54) is 6.26 Å². The van der Waals surface area contributed by atoms with Gasteiger partial charge in [-0.05, 0) is 47.9 Å². The summed E-state index contributed by atoms with van der Waals surface area (Å²) in [5.41, 5.74) is 1.87. The summed E-state index contributed by atoms with van der Waals surface area (Å²) >= 11 is 0. The third kappa shape index (κ3) is 5.73. The molecule has 1 unspecified atom stereocenters. The smallest absolute Gasteiger partial charge is 0.291 e. The van der Waals surface area contributed by atoms with Crippen LogP contribution in [-0.4, -0.2) is 17.9 Å². The molecule has 0 aliphatic rings. The van der Waals surface area contributed by atoms with Crippen LogP contribution in [0.25, 0.3) is 0 Å². The van der Waals surface area contributed by atoms with Crippen molar-refractivity contribution in [1.29, 1.82) is 5.26 Å². The van der Waals surface area contributed by atoms with Gasteiger partial charge in [-0.2, -0.15) is 5.26 Å². The number of carbonyl (C=O) groups excluding carboxylic acids is 2. The van der Waals surface area contributed by atoms with Gasteiger partial charge in [0, 0.05) is 12.2 Å². The fourth-order valence-electron chi connectivity index (χ4n) is 2.89. The lowest BCUT2D eigenvalue weighted by molar-refractivity contribution is -0.130. The molecule has 0 saturated heterocycles. The van der Waals surface area contributed by atoms with Crippen LogP contribution >= 0.6 is 0 Å². The van der Waals surface area contributed by atoms with E-state index in [1.54, 1.807) is 48.5 Å². The highest BCUT2D eigenvalue weighted by Gasteiger charge is 2.25. The molecule has 7 heteroatoms. The quantitative estimate of drug-likeness (QED) is 0.574. The summed E-state index contributed by atoms with van der Waals surface area (Å²) < 4.78 is 10.9. The first-order valence-corrected chi connectivity index (χ1v) is 9.85. The summed E-state index contributed by atoms with van der Waals surface area (Å²) in [6.45, 7) is 4.07. The number of anilines is 1. The number of rotatable bonds is 8. The number of para-hydroxylation sites is 1. The molecule has 0 radical (unpaired) electrons. The average Bonchev–Trinajstić information content (AvgIpc) is 3.32. The zero-order valence-corrected chi connectivity index (χ0v) is 17.3. The molecule has 0 saturated carbocycles. The summed E-state index contributed by atoms with van der Waals surface area (Å²) in [5.74, 6) is -0.0750. The Balaban J connectivity index is 1.58. The third-order valence-electron chi connectivity index (χ3n) is 4.55. The minimum Gasteiger partial charge on any atom is -0.479 e. The van der Waals surface area contributed by atoms with Crippen molar-refractivity contribution in [2.75, 3.05) is 5.32 Å². The summed E-state index contributed by atoms with van der Waals surface area (Å²) in [7, 11) is 0. The van der Waals surface area contributed by atoms with Gasteiger partial charge in [-0.25, -0.2) is 0 Å². The van der Waals surface area contributed by atoms with E-state index >= 15 is 0 Å². The Morgan fingerprint density at radius 1 is 1.06 bits per heavy atom. The lowest BCUT2D eigenvalue weighted by Gasteiger charge is -2.22. The molecule has 2 amide bonds. The third-order valence-corrected chi connectivity index (χ3v) is 4.55. The van der Waals surface area contributed by atoms with Crippen LogP contribution in [0.5, 0.6) is 5.75 Å². The minimum atomic E-state index is -0.735. The van der Waals surface area contributed by atoms with Crippen molar-refractivity contribution in [3.63, 3.8) is 0 Å². The van der Waals surface area contributed by atoms with Gasteiger partial charge >= 0.3 is 0 Å². The Bertz CT molecular complexity index is 1070. The lowest BCUT2D eigenvalue weighted by atomic mass is 10.1. The van der Waals surface area contributed by atoms with Crippen LogP contribution in [0.2, 0.25) is 0 Å². The second kappa shape index (κ2) is 10.1. The monoisotopic (exact) mass is 417 g/mol. The number of benzene rings is 2. The number of hydrogen-bond acceptors (Lipinski definition) is 5. The number of furan rings is 1. The van der Waals surface area contributed by atoms with Crippen molar-refractivity contribution < 1.29 is 18.7 Å². The zero-order valence-electron chi connectivity index (χ0n) is 17.3. The molecular weight excluding hydrogens is 394 g/mol. The van der Waals surface area contributed by atoms with Gasteiger partial charge in [-0.1, -0.05) is 38.1 Å². The Labute approximate surface area is 180 Å². The van der Waals surface area contributed by atoms with Crippen LogP contribution in [-0.2, 0) is 11.3 Å². The molecule has 31 heavy (non-hydrogen) atoms. The minimum absolute atomic E-state index is 0.0917. The number of nitrogens with zero attached hydrogens (tertiary/aromatic N) is 1. The van der Waals surface area contributed by atoms with Crippen molar-refractivity contribution in [2.24, 2.45) is 5.92 Å².